The van der Waals surface area contributed by atoms with Gasteiger partial charge in [0.15, 0.2) is 5.96 Å². The van der Waals surface area contributed by atoms with E-state index in [1.807, 2.05) is 0 Å². The number of nitrogens with zero attached hydrogens (tertiary/aromatic N) is 2. The van der Waals surface area contributed by atoms with E-state index in [1.54, 1.807) is 20.8 Å². The number of carbonyl (C=O) groups is 5. The predicted octanol–water partition coefficient (Wildman–Crippen LogP) is -0.150. The first-order chi connectivity index (χ1) is 23.5. The van der Waals surface area contributed by atoms with Gasteiger partial charge in [0.05, 0.1) is 4.92 Å². The van der Waals surface area contributed by atoms with E-state index in [4.69, 9.17) is 22.9 Å². The summed E-state index contributed by atoms with van der Waals surface area (Å²) >= 11 is 0. The van der Waals surface area contributed by atoms with Crippen LogP contribution in [0.4, 0.5) is 11.4 Å². The molecule has 0 bridgehead atoms. The number of amides is 5. The van der Waals surface area contributed by atoms with Crippen LogP contribution in [0.15, 0.2) is 29.3 Å². The highest BCUT2D eigenvalue weighted by Gasteiger charge is 2.35. The van der Waals surface area contributed by atoms with Crippen molar-refractivity contribution in [3.8, 4) is 0 Å². The van der Waals surface area contributed by atoms with Crippen LogP contribution in [-0.4, -0.2) is 84.2 Å². The zero-order valence-electron chi connectivity index (χ0n) is 29.5. The monoisotopic (exact) mass is 705 g/mol. The number of rotatable bonds is 22. The van der Waals surface area contributed by atoms with Crippen molar-refractivity contribution in [2.75, 3.05) is 25.0 Å². The third kappa shape index (κ3) is 16.5. The Morgan fingerprint density at radius 1 is 0.740 bits per heavy atom. The first kappa shape index (κ1) is 43.2. The Hall–Kier alpha value is -4.84. The molecular formula is C32H55N11O7. The van der Waals surface area contributed by atoms with Crippen LogP contribution in [-0.2, 0) is 24.0 Å². The average molecular weight is 706 g/mol. The molecule has 50 heavy (non-hydrogen) atoms. The lowest BCUT2D eigenvalue weighted by atomic mass is 9.85. The van der Waals surface area contributed by atoms with Gasteiger partial charge in [0.2, 0.25) is 29.5 Å². The van der Waals surface area contributed by atoms with Crippen LogP contribution in [0.25, 0.3) is 0 Å². The van der Waals surface area contributed by atoms with E-state index in [0.717, 1.165) is 0 Å². The second-order valence-electron chi connectivity index (χ2n) is 13.0. The summed E-state index contributed by atoms with van der Waals surface area (Å²) in [7, 11) is 0. The summed E-state index contributed by atoms with van der Waals surface area (Å²) in [5.74, 6) is -3.00. The average Bonchev–Trinajstić information content (AvgIpc) is 3.03. The number of carbonyl (C=O) groups excluding carboxylic acids is 5. The predicted molar refractivity (Wildman–Crippen MR) is 190 cm³/mol. The molecule has 0 fully saturated rings. The summed E-state index contributed by atoms with van der Waals surface area (Å²) in [4.78, 5) is 80.4. The van der Waals surface area contributed by atoms with E-state index >= 15 is 0 Å². The zero-order chi connectivity index (χ0) is 37.9. The van der Waals surface area contributed by atoms with Crippen molar-refractivity contribution in [3.63, 3.8) is 0 Å². The van der Waals surface area contributed by atoms with Gasteiger partial charge >= 0.3 is 0 Å². The SMILES string of the molecule is CC(=O)N[C@H](C(=O)N[C@@H](CCCCN)C(=O)N[C@@H](CCCCN)C(=O)N[C@@H](CCCN=C(N)N)C(=O)Nc1ccc([N+](=O)[O-])cc1)C(C)(C)C. The van der Waals surface area contributed by atoms with E-state index in [-0.39, 0.29) is 43.1 Å². The maximum Gasteiger partial charge on any atom is 0.269 e. The maximum absolute atomic E-state index is 13.7. The number of hydrogen-bond donors (Lipinski definition) is 9. The zero-order valence-corrected chi connectivity index (χ0v) is 29.5. The van der Waals surface area contributed by atoms with Crippen LogP contribution >= 0.6 is 0 Å². The fourth-order valence-electron chi connectivity index (χ4n) is 4.87. The molecule has 0 saturated carbocycles. The van der Waals surface area contributed by atoms with Crippen molar-refractivity contribution in [3.05, 3.63) is 34.4 Å². The number of guanidine groups is 1. The van der Waals surface area contributed by atoms with Crippen LogP contribution in [0.1, 0.15) is 79.1 Å². The van der Waals surface area contributed by atoms with E-state index in [9.17, 15) is 34.1 Å². The minimum absolute atomic E-state index is 0.111. The number of hydrogen-bond acceptors (Lipinski definition) is 10. The molecule has 18 nitrogen and oxygen atoms in total. The highest BCUT2D eigenvalue weighted by Crippen LogP contribution is 2.20. The van der Waals surface area contributed by atoms with Crippen LogP contribution in [0, 0.1) is 15.5 Å². The molecule has 0 aliphatic heterocycles. The Kier molecular flexibility index (Phi) is 19.0. The number of aliphatic imine (C=N–C) groups is 1. The van der Waals surface area contributed by atoms with Gasteiger partial charge in [-0.15, -0.1) is 0 Å². The highest BCUT2D eigenvalue weighted by molar-refractivity contribution is 5.99. The summed E-state index contributed by atoms with van der Waals surface area (Å²) in [6.07, 6.45) is 2.92. The van der Waals surface area contributed by atoms with Crippen LogP contribution in [0.3, 0.4) is 0 Å². The topological polar surface area (TPSA) is 305 Å². The number of anilines is 1. The maximum atomic E-state index is 13.7. The molecule has 0 aliphatic rings. The van der Waals surface area contributed by atoms with Crippen molar-refractivity contribution in [2.45, 2.75) is 103 Å². The quantitative estimate of drug-likeness (QED) is 0.0251. The fraction of sp³-hybridized carbons (Fsp3) is 0.625. The lowest BCUT2D eigenvalue weighted by Gasteiger charge is -2.32. The smallest absolute Gasteiger partial charge is 0.269 e. The molecule has 1 aromatic carbocycles. The second kappa shape index (κ2) is 22.0. The summed E-state index contributed by atoms with van der Waals surface area (Å²) in [6, 6.07) is 0.968. The van der Waals surface area contributed by atoms with E-state index < -0.39 is 64.0 Å². The first-order valence-electron chi connectivity index (χ1n) is 16.7. The number of nitrogens with two attached hydrogens (primary N) is 4. The van der Waals surface area contributed by atoms with Crippen molar-refractivity contribution < 1.29 is 28.9 Å². The molecule has 4 atom stereocenters. The van der Waals surface area contributed by atoms with Crippen LogP contribution in [0.5, 0.6) is 0 Å². The van der Waals surface area contributed by atoms with E-state index in [2.05, 4.69) is 31.6 Å². The standard InChI is InChI=1S/C32H55N11O7/c1-20(44)38-26(32(2,3)4)30(48)42-24(11-6-8-18-34)29(47)40-23(10-5-7-17-33)28(46)41-25(12-9-19-37-31(35)36)27(45)39-21-13-15-22(16-14-21)43(49)50/h13-16,23-26H,5-12,17-19,33-34H2,1-4H3,(H,38,44)(H,39,45)(H,40,47)(H,41,46)(H,42,48)(H4,35,36,37)/t23-,24-,25-,26+/m0/s1. The Balaban J connectivity index is 3.29. The molecule has 13 N–H and O–H groups in total. The van der Waals surface area contributed by atoms with Crippen molar-refractivity contribution >= 4 is 46.9 Å². The first-order valence-corrected chi connectivity index (χ1v) is 16.7. The normalized spacial score (nSPS) is 13.5. The van der Waals surface area contributed by atoms with Gasteiger partial charge < -0.3 is 49.5 Å². The van der Waals surface area contributed by atoms with Crippen molar-refractivity contribution in [1.82, 2.24) is 21.3 Å². The number of nitro benzene ring substituents is 1. The van der Waals surface area contributed by atoms with Gasteiger partial charge in [-0.2, -0.15) is 0 Å². The number of non-ortho nitro benzene ring substituents is 1. The van der Waals surface area contributed by atoms with Gasteiger partial charge in [-0.3, -0.25) is 39.1 Å². The molecule has 18 heteroatoms. The van der Waals surface area contributed by atoms with Crippen molar-refractivity contribution in [1.29, 1.82) is 0 Å². The number of unbranched alkanes of at least 4 members (excludes halogenated alkanes) is 2. The van der Waals surface area contributed by atoms with Gasteiger partial charge in [-0.25, -0.2) is 0 Å². The van der Waals surface area contributed by atoms with Gasteiger partial charge in [0.25, 0.3) is 5.69 Å². The molecule has 0 radical (unpaired) electrons. The molecular weight excluding hydrogens is 650 g/mol. The summed E-state index contributed by atoms with van der Waals surface area (Å²) < 4.78 is 0. The third-order valence-electron chi connectivity index (χ3n) is 7.56. The minimum Gasteiger partial charge on any atom is -0.370 e. The van der Waals surface area contributed by atoms with Gasteiger partial charge in [0, 0.05) is 31.3 Å². The molecule has 0 unspecified atom stereocenters. The van der Waals surface area contributed by atoms with Crippen LogP contribution < -0.4 is 49.5 Å². The van der Waals surface area contributed by atoms with Gasteiger partial charge in [-0.1, -0.05) is 20.8 Å². The Morgan fingerprint density at radius 3 is 1.62 bits per heavy atom. The van der Waals surface area contributed by atoms with E-state index in [0.29, 0.717) is 45.2 Å². The number of nitrogens with one attached hydrogen (secondary N) is 5. The third-order valence-corrected chi connectivity index (χ3v) is 7.56. The number of benzene rings is 1. The Bertz CT molecular complexity index is 1310. The van der Waals surface area contributed by atoms with Crippen LogP contribution in [0.2, 0.25) is 0 Å². The summed E-state index contributed by atoms with van der Waals surface area (Å²) in [5, 5.41) is 24.5. The van der Waals surface area contributed by atoms with Gasteiger partial charge in [-0.05, 0) is 82.0 Å². The molecule has 0 aliphatic carbocycles. The molecule has 280 valence electrons. The largest absolute Gasteiger partial charge is 0.370 e. The Morgan fingerprint density at radius 2 is 1.20 bits per heavy atom. The molecule has 5 amide bonds. The summed E-state index contributed by atoms with van der Waals surface area (Å²) in [5.41, 5.74) is 21.6. The fourth-order valence-corrected chi connectivity index (χ4v) is 4.87. The highest BCUT2D eigenvalue weighted by atomic mass is 16.6. The molecule has 1 aromatic rings. The van der Waals surface area contributed by atoms with Gasteiger partial charge in [0.1, 0.15) is 24.2 Å². The second-order valence-corrected chi connectivity index (χ2v) is 13.0. The molecule has 0 heterocycles. The molecule has 0 saturated heterocycles. The lowest BCUT2D eigenvalue weighted by molar-refractivity contribution is -0.384. The Labute approximate surface area is 292 Å². The minimum atomic E-state index is -1.11. The number of nitro groups is 1. The summed E-state index contributed by atoms with van der Waals surface area (Å²) in [6.45, 7) is 7.52. The molecule has 0 aromatic heterocycles. The molecule has 1 rings (SSSR count). The lowest BCUT2D eigenvalue weighted by Crippen LogP contribution is -2.59. The van der Waals surface area contributed by atoms with E-state index in [1.165, 1.54) is 31.2 Å². The molecule has 0 spiro atoms. The van der Waals surface area contributed by atoms with Crippen molar-refractivity contribution in [2.24, 2.45) is 33.3 Å².